The van der Waals surface area contributed by atoms with Gasteiger partial charge in [-0.25, -0.2) is 4.39 Å². The van der Waals surface area contributed by atoms with Crippen LogP contribution in [0.15, 0.2) is 39.9 Å². The van der Waals surface area contributed by atoms with Gasteiger partial charge in [0.2, 0.25) is 0 Å². The number of aromatic nitrogens is 1. The molecule has 1 aromatic heterocycles. The smallest absolute Gasteiger partial charge is 0.382 e. The third-order valence-electron chi connectivity index (χ3n) is 4.07. The number of halogens is 5. The van der Waals surface area contributed by atoms with Crippen LogP contribution in [0.25, 0.3) is 0 Å². The maximum Gasteiger partial charge on any atom is 0.417 e. The van der Waals surface area contributed by atoms with Crippen LogP contribution in [0.1, 0.15) is 16.8 Å². The summed E-state index contributed by atoms with van der Waals surface area (Å²) >= 11 is 3.27. The third-order valence-corrected chi connectivity index (χ3v) is 4.56. The zero-order chi connectivity index (χ0) is 18.4. The molecule has 0 saturated heterocycles. The minimum Gasteiger partial charge on any atom is -0.382 e. The molecule has 1 atom stereocenters. The number of rotatable bonds is 3. The van der Waals surface area contributed by atoms with Crippen molar-refractivity contribution in [3.63, 3.8) is 0 Å². The van der Waals surface area contributed by atoms with Crippen LogP contribution < -0.4 is 5.73 Å². The first kappa shape index (κ1) is 17.9. The normalized spacial score (nSPS) is 20.3. The molecule has 2 aromatic rings. The standard InChI is InChI=1S/C16H14BrF4N3O/c1-25-8-15(11-5-10(17)2-3-12(11)18)7-24-6-9(16(19,20)21)4-13(24)14(22)23-15/h2-6H,7-8H2,1H3,(H2,22,23). The predicted molar refractivity (Wildman–Crippen MR) is 87.8 cm³/mol. The van der Waals surface area contributed by atoms with Gasteiger partial charge in [0.05, 0.1) is 24.4 Å². The van der Waals surface area contributed by atoms with Crippen LogP contribution in [0.3, 0.4) is 0 Å². The van der Waals surface area contributed by atoms with Gasteiger partial charge >= 0.3 is 6.18 Å². The lowest BCUT2D eigenvalue weighted by Crippen LogP contribution is -2.42. The Labute approximate surface area is 149 Å². The Morgan fingerprint density at radius 1 is 1.36 bits per heavy atom. The van der Waals surface area contributed by atoms with E-state index < -0.39 is 23.1 Å². The first-order chi connectivity index (χ1) is 11.7. The fraction of sp³-hybridized carbons (Fsp3) is 0.312. The molecule has 134 valence electrons. The highest BCUT2D eigenvalue weighted by Crippen LogP contribution is 2.38. The topological polar surface area (TPSA) is 52.5 Å². The Balaban J connectivity index is 2.15. The number of ether oxygens (including phenoxy) is 1. The van der Waals surface area contributed by atoms with E-state index in [0.717, 1.165) is 12.3 Å². The van der Waals surface area contributed by atoms with E-state index in [0.29, 0.717) is 4.47 Å². The Morgan fingerprint density at radius 3 is 2.72 bits per heavy atom. The molecule has 1 unspecified atom stereocenters. The maximum absolute atomic E-state index is 14.4. The maximum atomic E-state index is 14.4. The Hall–Kier alpha value is -1.87. The van der Waals surface area contributed by atoms with Crippen molar-refractivity contribution in [2.24, 2.45) is 10.7 Å². The second-order valence-electron chi connectivity index (χ2n) is 5.83. The number of nitrogens with two attached hydrogens (primary N) is 1. The predicted octanol–water partition coefficient (Wildman–Crippen LogP) is 3.67. The van der Waals surface area contributed by atoms with Crippen molar-refractivity contribution >= 4 is 21.8 Å². The number of aliphatic imine (C=N–C) groups is 1. The summed E-state index contributed by atoms with van der Waals surface area (Å²) in [6, 6.07) is 5.25. The fourth-order valence-corrected chi connectivity index (χ4v) is 3.37. The lowest BCUT2D eigenvalue weighted by atomic mass is 9.89. The quantitative estimate of drug-likeness (QED) is 0.771. The monoisotopic (exact) mass is 419 g/mol. The summed E-state index contributed by atoms with van der Waals surface area (Å²) in [6.45, 7) is -0.0691. The van der Waals surface area contributed by atoms with Crippen molar-refractivity contribution in [2.45, 2.75) is 18.3 Å². The van der Waals surface area contributed by atoms with E-state index in [-0.39, 0.29) is 30.2 Å². The first-order valence-corrected chi connectivity index (χ1v) is 8.03. The van der Waals surface area contributed by atoms with E-state index in [4.69, 9.17) is 10.5 Å². The second kappa shape index (κ2) is 6.14. The highest BCUT2D eigenvalue weighted by molar-refractivity contribution is 9.10. The van der Waals surface area contributed by atoms with Crippen molar-refractivity contribution in [1.29, 1.82) is 0 Å². The average molecular weight is 420 g/mol. The van der Waals surface area contributed by atoms with Crippen molar-refractivity contribution in [1.82, 2.24) is 4.57 Å². The van der Waals surface area contributed by atoms with E-state index in [9.17, 15) is 17.6 Å². The van der Waals surface area contributed by atoms with E-state index in [2.05, 4.69) is 20.9 Å². The molecule has 2 heterocycles. The molecule has 0 aliphatic carbocycles. The number of alkyl halides is 3. The van der Waals surface area contributed by atoms with Gasteiger partial charge in [0.15, 0.2) is 0 Å². The van der Waals surface area contributed by atoms with Crippen LogP contribution in [0.5, 0.6) is 0 Å². The van der Waals surface area contributed by atoms with Crippen LogP contribution in [-0.2, 0) is 23.0 Å². The van der Waals surface area contributed by atoms with Gasteiger partial charge in [-0.1, -0.05) is 15.9 Å². The summed E-state index contributed by atoms with van der Waals surface area (Å²) in [5.74, 6) is -0.637. The highest BCUT2D eigenvalue weighted by atomic mass is 79.9. The number of hydrogen-bond acceptors (Lipinski definition) is 3. The summed E-state index contributed by atoms with van der Waals surface area (Å²) in [5, 5.41) is 0. The highest BCUT2D eigenvalue weighted by Gasteiger charge is 2.41. The van der Waals surface area contributed by atoms with Crippen molar-refractivity contribution in [3.8, 4) is 0 Å². The molecule has 4 nitrogen and oxygen atoms in total. The minimum absolute atomic E-state index is 0.0275. The number of methoxy groups -OCH3 is 1. The zero-order valence-electron chi connectivity index (χ0n) is 13.1. The number of amidine groups is 1. The van der Waals surface area contributed by atoms with Crippen LogP contribution >= 0.6 is 15.9 Å². The SMILES string of the molecule is COCC1(c2cc(Br)ccc2F)Cn2cc(C(F)(F)F)cc2C(N)=N1. The molecule has 0 radical (unpaired) electrons. The van der Waals surface area contributed by atoms with Crippen molar-refractivity contribution in [3.05, 3.63) is 57.6 Å². The molecule has 1 aromatic carbocycles. The van der Waals surface area contributed by atoms with Crippen LogP contribution in [0.4, 0.5) is 17.6 Å². The van der Waals surface area contributed by atoms with Gasteiger partial charge in [-0.05, 0) is 24.3 Å². The minimum atomic E-state index is -4.50. The molecule has 0 saturated carbocycles. The lowest BCUT2D eigenvalue weighted by molar-refractivity contribution is -0.137. The van der Waals surface area contributed by atoms with E-state index >= 15 is 0 Å². The molecule has 1 aliphatic heterocycles. The summed E-state index contributed by atoms with van der Waals surface area (Å²) in [4.78, 5) is 4.33. The molecule has 9 heteroatoms. The van der Waals surface area contributed by atoms with Crippen LogP contribution in [-0.4, -0.2) is 24.1 Å². The largest absolute Gasteiger partial charge is 0.417 e. The fourth-order valence-electron chi connectivity index (χ4n) is 3.01. The molecule has 0 spiro atoms. The summed E-state index contributed by atoms with van der Waals surface area (Å²) in [7, 11) is 1.41. The van der Waals surface area contributed by atoms with E-state index in [1.165, 1.54) is 29.9 Å². The van der Waals surface area contributed by atoms with Gasteiger partial charge in [-0.3, -0.25) is 4.99 Å². The van der Waals surface area contributed by atoms with E-state index in [1.807, 2.05) is 0 Å². The molecule has 3 rings (SSSR count). The van der Waals surface area contributed by atoms with Gasteiger partial charge in [0.1, 0.15) is 17.2 Å². The number of nitrogens with zero attached hydrogens (tertiary/aromatic N) is 2. The first-order valence-electron chi connectivity index (χ1n) is 7.24. The van der Waals surface area contributed by atoms with Crippen molar-refractivity contribution in [2.75, 3.05) is 13.7 Å². The summed E-state index contributed by atoms with van der Waals surface area (Å²) < 4.78 is 60.6. The van der Waals surface area contributed by atoms with Gasteiger partial charge < -0.3 is 15.0 Å². The molecule has 25 heavy (non-hydrogen) atoms. The zero-order valence-corrected chi connectivity index (χ0v) is 14.7. The molecular weight excluding hydrogens is 406 g/mol. The van der Waals surface area contributed by atoms with Crippen LogP contribution in [0, 0.1) is 5.82 Å². The lowest BCUT2D eigenvalue weighted by Gasteiger charge is -2.35. The molecule has 2 N–H and O–H groups in total. The van der Waals surface area contributed by atoms with Gasteiger partial charge in [-0.2, -0.15) is 13.2 Å². The molecule has 1 aliphatic rings. The average Bonchev–Trinajstić information content (AvgIpc) is 2.94. The molecule has 0 amide bonds. The Morgan fingerprint density at radius 2 is 2.08 bits per heavy atom. The Bertz CT molecular complexity index is 846. The van der Waals surface area contributed by atoms with E-state index in [1.54, 1.807) is 0 Å². The molecular formula is C16H14BrF4N3O. The third kappa shape index (κ3) is 3.18. The Kier molecular flexibility index (Phi) is 4.40. The second-order valence-corrected chi connectivity index (χ2v) is 6.74. The number of benzene rings is 1. The van der Waals surface area contributed by atoms with Crippen LogP contribution in [0.2, 0.25) is 0 Å². The summed E-state index contributed by atoms with van der Waals surface area (Å²) in [5.41, 5.74) is 4.16. The van der Waals surface area contributed by atoms with Gasteiger partial charge in [0.25, 0.3) is 0 Å². The van der Waals surface area contributed by atoms with Gasteiger partial charge in [0, 0.05) is 23.3 Å². The molecule has 0 fully saturated rings. The molecule has 0 bridgehead atoms. The van der Waals surface area contributed by atoms with Crippen molar-refractivity contribution < 1.29 is 22.3 Å². The summed E-state index contributed by atoms with van der Waals surface area (Å²) in [6.07, 6.45) is -3.55. The van der Waals surface area contributed by atoms with Gasteiger partial charge in [-0.15, -0.1) is 0 Å². The number of hydrogen-bond donors (Lipinski definition) is 1. The number of fused-ring (bicyclic) bond motifs is 1.